The van der Waals surface area contributed by atoms with Gasteiger partial charge in [0, 0.05) is 11.1 Å². The summed E-state index contributed by atoms with van der Waals surface area (Å²) in [7, 11) is 0. The SMILES string of the molecule is C=C/C(=C\CC)c1nc(C)nc(-c2ccccc2)n1.CC. The van der Waals surface area contributed by atoms with Gasteiger partial charge < -0.3 is 0 Å². The predicted molar refractivity (Wildman–Crippen MR) is 89.8 cm³/mol. The minimum atomic E-state index is 0.684. The molecule has 0 saturated carbocycles. The van der Waals surface area contributed by atoms with Crippen molar-refractivity contribution in [3.63, 3.8) is 0 Å². The van der Waals surface area contributed by atoms with E-state index in [4.69, 9.17) is 0 Å². The maximum absolute atomic E-state index is 4.53. The van der Waals surface area contributed by atoms with Crippen LogP contribution in [0.1, 0.15) is 38.8 Å². The van der Waals surface area contributed by atoms with Gasteiger partial charge in [-0.3, -0.25) is 0 Å². The molecule has 3 heteroatoms. The van der Waals surface area contributed by atoms with Gasteiger partial charge in [0.25, 0.3) is 0 Å². The fourth-order valence-electron chi connectivity index (χ4n) is 1.81. The van der Waals surface area contributed by atoms with Gasteiger partial charge in [0.05, 0.1) is 0 Å². The highest BCUT2D eigenvalue weighted by atomic mass is 15.0. The van der Waals surface area contributed by atoms with Crippen molar-refractivity contribution in [2.45, 2.75) is 34.1 Å². The molecule has 1 heterocycles. The Morgan fingerprint density at radius 2 is 1.76 bits per heavy atom. The summed E-state index contributed by atoms with van der Waals surface area (Å²) in [6.07, 6.45) is 4.77. The van der Waals surface area contributed by atoms with E-state index in [1.165, 1.54) is 0 Å². The molecule has 0 fully saturated rings. The standard InChI is InChI=1S/C16H17N3.C2H6/c1-4-9-13(5-2)15-17-12(3)18-16(19-15)14-10-7-6-8-11-14;1-2/h5-11H,2,4H2,1,3H3;1-2H3/b13-9+;. The monoisotopic (exact) mass is 281 g/mol. The van der Waals surface area contributed by atoms with Crippen molar-refractivity contribution in [1.29, 1.82) is 0 Å². The molecule has 0 bridgehead atoms. The predicted octanol–water partition coefficient (Wildman–Crippen LogP) is 4.85. The van der Waals surface area contributed by atoms with E-state index in [-0.39, 0.29) is 0 Å². The lowest BCUT2D eigenvalue weighted by atomic mass is 10.2. The average Bonchev–Trinajstić information content (AvgIpc) is 2.54. The van der Waals surface area contributed by atoms with Crippen molar-refractivity contribution in [1.82, 2.24) is 15.0 Å². The lowest BCUT2D eigenvalue weighted by molar-refractivity contribution is 0.961. The third-order valence-electron chi connectivity index (χ3n) is 2.68. The first-order valence-electron chi connectivity index (χ1n) is 7.35. The molecule has 3 nitrogen and oxygen atoms in total. The van der Waals surface area contributed by atoms with Gasteiger partial charge in [-0.1, -0.05) is 69.8 Å². The third kappa shape index (κ3) is 4.63. The number of hydrogen-bond acceptors (Lipinski definition) is 3. The molecular formula is C18H23N3. The Kier molecular flexibility index (Phi) is 7.02. The number of hydrogen-bond donors (Lipinski definition) is 0. The van der Waals surface area contributed by atoms with Crippen LogP contribution in [0, 0.1) is 6.92 Å². The zero-order valence-corrected chi connectivity index (χ0v) is 13.3. The lowest BCUT2D eigenvalue weighted by Crippen LogP contribution is -2.01. The van der Waals surface area contributed by atoms with Crippen molar-refractivity contribution in [2.24, 2.45) is 0 Å². The summed E-state index contributed by atoms with van der Waals surface area (Å²) in [6.45, 7) is 11.8. The van der Waals surface area contributed by atoms with Gasteiger partial charge in [-0.15, -0.1) is 0 Å². The van der Waals surface area contributed by atoms with Crippen molar-refractivity contribution in [3.05, 3.63) is 60.7 Å². The highest BCUT2D eigenvalue weighted by molar-refractivity contribution is 5.70. The van der Waals surface area contributed by atoms with Crippen LogP contribution >= 0.6 is 0 Å². The number of aryl methyl sites for hydroxylation is 1. The Morgan fingerprint density at radius 3 is 2.33 bits per heavy atom. The van der Waals surface area contributed by atoms with Gasteiger partial charge in [0.15, 0.2) is 11.6 Å². The fraction of sp³-hybridized carbons (Fsp3) is 0.278. The average molecular weight is 281 g/mol. The van der Waals surface area contributed by atoms with Crippen molar-refractivity contribution < 1.29 is 0 Å². The van der Waals surface area contributed by atoms with E-state index in [0.717, 1.165) is 17.6 Å². The number of benzene rings is 1. The van der Waals surface area contributed by atoms with Crippen LogP contribution in [0.4, 0.5) is 0 Å². The van der Waals surface area contributed by atoms with Crippen LogP contribution in [0.15, 0.2) is 49.1 Å². The Hall–Kier alpha value is -2.29. The van der Waals surface area contributed by atoms with E-state index in [9.17, 15) is 0 Å². The first-order chi connectivity index (χ1) is 10.2. The van der Waals surface area contributed by atoms with Gasteiger partial charge in [-0.05, 0) is 13.3 Å². The van der Waals surface area contributed by atoms with Gasteiger partial charge in [-0.25, -0.2) is 15.0 Å². The molecule has 2 aromatic rings. The zero-order valence-electron chi connectivity index (χ0n) is 13.3. The summed E-state index contributed by atoms with van der Waals surface area (Å²) in [5, 5.41) is 0. The number of rotatable bonds is 4. The molecule has 1 aromatic heterocycles. The lowest BCUT2D eigenvalue weighted by Gasteiger charge is -2.06. The van der Waals surface area contributed by atoms with Crippen LogP contribution in [0.5, 0.6) is 0 Å². The molecule has 2 rings (SSSR count). The summed E-state index contributed by atoms with van der Waals surface area (Å²) in [4.78, 5) is 13.3. The summed E-state index contributed by atoms with van der Waals surface area (Å²) in [5.74, 6) is 2.10. The maximum Gasteiger partial charge on any atom is 0.163 e. The Balaban J connectivity index is 0.00000106. The normalized spacial score (nSPS) is 10.6. The first-order valence-corrected chi connectivity index (χ1v) is 7.35. The molecular weight excluding hydrogens is 258 g/mol. The van der Waals surface area contributed by atoms with Crippen LogP contribution in [0.2, 0.25) is 0 Å². The Bertz CT molecular complexity index is 601. The minimum Gasteiger partial charge on any atom is -0.213 e. The van der Waals surface area contributed by atoms with E-state index < -0.39 is 0 Å². The molecule has 0 N–H and O–H groups in total. The van der Waals surface area contributed by atoms with Gasteiger partial charge >= 0.3 is 0 Å². The summed E-state index contributed by atoms with van der Waals surface area (Å²) in [6, 6.07) is 9.92. The highest BCUT2D eigenvalue weighted by Crippen LogP contribution is 2.18. The molecule has 0 saturated heterocycles. The molecule has 0 spiro atoms. The van der Waals surface area contributed by atoms with Crippen LogP contribution in [-0.4, -0.2) is 15.0 Å². The van der Waals surface area contributed by atoms with Crippen LogP contribution in [0.3, 0.4) is 0 Å². The quantitative estimate of drug-likeness (QED) is 0.752. The maximum atomic E-state index is 4.53. The van der Waals surface area contributed by atoms with Crippen LogP contribution in [0.25, 0.3) is 17.0 Å². The summed E-state index contributed by atoms with van der Waals surface area (Å²) in [5.41, 5.74) is 1.94. The second-order valence-electron chi connectivity index (χ2n) is 4.17. The molecule has 0 aliphatic heterocycles. The van der Waals surface area contributed by atoms with E-state index in [0.29, 0.717) is 17.5 Å². The molecule has 0 atom stereocenters. The number of nitrogens with zero attached hydrogens (tertiary/aromatic N) is 3. The minimum absolute atomic E-state index is 0.684. The molecule has 0 aliphatic rings. The van der Waals surface area contributed by atoms with Crippen molar-refractivity contribution in [3.8, 4) is 11.4 Å². The Labute approximate surface area is 127 Å². The number of aromatic nitrogens is 3. The molecule has 110 valence electrons. The molecule has 0 aliphatic carbocycles. The van der Waals surface area contributed by atoms with E-state index >= 15 is 0 Å². The van der Waals surface area contributed by atoms with Gasteiger partial charge in [0.2, 0.25) is 0 Å². The summed E-state index contributed by atoms with van der Waals surface area (Å²) < 4.78 is 0. The number of allylic oxidation sites excluding steroid dienone is 3. The van der Waals surface area contributed by atoms with E-state index in [1.54, 1.807) is 6.08 Å². The molecule has 0 radical (unpaired) electrons. The molecule has 0 amide bonds. The van der Waals surface area contributed by atoms with E-state index in [2.05, 4.69) is 34.5 Å². The van der Waals surface area contributed by atoms with E-state index in [1.807, 2.05) is 51.1 Å². The molecule has 21 heavy (non-hydrogen) atoms. The van der Waals surface area contributed by atoms with Crippen LogP contribution < -0.4 is 0 Å². The second kappa shape index (κ2) is 8.80. The van der Waals surface area contributed by atoms with Gasteiger partial charge in [0.1, 0.15) is 5.82 Å². The largest absolute Gasteiger partial charge is 0.213 e. The van der Waals surface area contributed by atoms with Crippen molar-refractivity contribution in [2.75, 3.05) is 0 Å². The topological polar surface area (TPSA) is 38.7 Å². The van der Waals surface area contributed by atoms with Crippen LogP contribution in [-0.2, 0) is 0 Å². The fourth-order valence-corrected chi connectivity index (χ4v) is 1.81. The third-order valence-corrected chi connectivity index (χ3v) is 2.68. The summed E-state index contributed by atoms with van der Waals surface area (Å²) >= 11 is 0. The first kappa shape index (κ1) is 16.8. The zero-order chi connectivity index (χ0) is 15.7. The van der Waals surface area contributed by atoms with Gasteiger partial charge in [-0.2, -0.15) is 0 Å². The smallest absolute Gasteiger partial charge is 0.163 e. The highest BCUT2D eigenvalue weighted by Gasteiger charge is 2.07. The van der Waals surface area contributed by atoms with Crippen molar-refractivity contribution >= 4 is 5.57 Å². The molecule has 0 unspecified atom stereocenters. The Morgan fingerprint density at radius 1 is 1.10 bits per heavy atom. The molecule has 1 aromatic carbocycles. The second-order valence-corrected chi connectivity index (χ2v) is 4.17.